The van der Waals surface area contributed by atoms with Crippen molar-refractivity contribution in [2.45, 2.75) is 51.4 Å². The molecule has 3 amide bonds. The van der Waals surface area contributed by atoms with E-state index < -0.39 is 53.2 Å². The second kappa shape index (κ2) is 10.7. The fraction of sp³-hybridized carbons (Fsp3) is 0.500. The van der Waals surface area contributed by atoms with Gasteiger partial charge in [-0.3, -0.25) is 14.9 Å². The number of rotatable bonds is 6. The number of ether oxygens (including phenoxy) is 2. The highest BCUT2D eigenvalue weighted by atomic mass is 32.1. The highest BCUT2D eigenvalue weighted by Crippen LogP contribution is 2.48. The van der Waals surface area contributed by atoms with Gasteiger partial charge in [0, 0.05) is 20.0 Å². The molecule has 1 aromatic heterocycles. The van der Waals surface area contributed by atoms with E-state index >= 15 is 8.78 Å². The van der Waals surface area contributed by atoms with Gasteiger partial charge in [0.25, 0.3) is 0 Å². The molecule has 0 spiro atoms. The molecule has 0 bridgehead atoms. The number of hydrogen-bond donors (Lipinski definition) is 2. The molecular weight excluding hydrogens is 524 g/mol. The number of fused-ring (bicyclic) bond motifs is 3. The minimum Gasteiger partial charge on any atom is -0.469 e. The topological polar surface area (TPSA) is 140 Å². The first kappa shape index (κ1) is 27.5. The number of amides is 3. The number of imide groups is 1. The summed E-state index contributed by atoms with van der Waals surface area (Å²) in [6.07, 6.45) is -0.757. The van der Waals surface area contributed by atoms with Crippen LogP contribution in [-0.2, 0) is 36.7 Å². The van der Waals surface area contributed by atoms with E-state index in [-0.39, 0.29) is 47.6 Å². The van der Waals surface area contributed by atoms with Gasteiger partial charge < -0.3 is 24.5 Å². The lowest BCUT2D eigenvalue weighted by molar-refractivity contribution is -0.144. The van der Waals surface area contributed by atoms with E-state index in [4.69, 9.17) is 4.74 Å². The third kappa shape index (κ3) is 4.73. The molecule has 204 valence electrons. The van der Waals surface area contributed by atoms with E-state index in [0.29, 0.717) is 11.3 Å². The molecule has 2 N–H and O–H groups in total. The molecule has 14 heteroatoms. The van der Waals surface area contributed by atoms with Crippen molar-refractivity contribution < 1.29 is 37.4 Å². The fourth-order valence-electron chi connectivity index (χ4n) is 5.18. The molecule has 1 unspecified atom stereocenters. The predicted molar refractivity (Wildman–Crippen MR) is 132 cm³/mol. The van der Waals surface area contributed by atoms with Gasteiger partial charge in [0.2, 0.25) is 5.91 Å². The zero-order chi connectivity index (χ0) is 27.8. The molecule has 1 aromatic carbocycles. The first-order valence-electron chi connectivity index (χ1n) is 11.9. The van der Waals surface area contributed by atoms with Crippen molar-refractivity contribution in [3.63, 3.8) is 0 Å². The first-order valence-corrected chi connectivity index (χ1v) is 12.7. The van der Waals surface area contributed by atoms with Gasteiger partial charge in [-0.25, -0.2) is 13.6 Å². The zero-order valence-electron chi connectivity index (χ0n) is 21.2. The Morgan fingerprint density at radius 3 is 2.68 bits per heavy atom. The molecular formula is C24H27F2N5O6S. The Bertz CT molecular complexity index is 1290. The van der Waals surface area contributed by atoms with Crippen molar-refractivity contribution in [3.8, 4) is 10.6 Å². The van der Waals surface area contributed by atoms with E-state index in [1.54, 1.807) is 13.8 Å². The summed E-state index contributed by atoms with van der Waals surface area (Å²) < 4.78 is 41.7. The van der Waals surface area contributed by atoms with Gasteiger partial charge >= 0.3 is 12.0 Å². The predicted octanol–water partition coefficient (Wildman–Crippen LogP) is 1.77. The SMILES string of the molecule is CNC(=O)NC(=O)C1(C=O)Cc2cc(-c3nnc(CCC(=O)OC)s3)c(F)c(F)c2N2C[C@H](C)O[C@H](C)[C@H]21. The van der Waals surface area contributed by atoms with Gasteiger partial charge in [0.05, 0.1) is 43.0 Å². The Morgan fingerprint density at radius 2 is 2.03 bits per heavy atom. The van der Waals surface area contributed by atoms with Gasteiger partial charge in [-0.1, -0.05) is 11.3 Å². The summed E-state index contributed by atoms with van der Waals surface area (Å²) >= 11 is 0.987. The summed E-state index contributed by atoms with van der Waals surface area (Å²) in [5, 5.41) is 12.9. The Kier molecular flexibility index (Phi) is 7.74. The Labute approximate surface area is 220 Å². The zero-order valence-corrected chi connectivity index (χ0v) is 22.0. The molecule has 2 aliphatic heterocycles. The van der Waals surface area contributed by atoms with E-state index in [1.165, 1.54) is 25.1 Å². The van der Waals surface area contributed by atoms with Crippen molar-refractivity contribution in [3.05, 3.63) is 28.3 Å². The number of nitrogens with zero attached hydrogens (tertiary/aromatic N) is 3. The smallest absolute Gasteiger partial charge is 0.321 e. The minimum atomic E-state index is -1.84. The lowest BCUT2D eigenvalue weighted by Gasteiger charge is -2.53. The van der Waals surface area contributed by atoms with Crippen LogP contribution in [0.25, 0.3) is 10.6 Å². The summed E-state index contributed by atoms with van der Waals surface area (Å²) in [6.45, 7) is 3.47. The van der Waals surface area contributed by atoms with Crippen LogP contribution in [0.3, 0.4) is 0 Å². The summed E-state index contributed by atoms with van der Waals surface area (Å²) in [7, 11) is 2.58. The third-order valence-corrected chi connectivity index (χ3v) is 7.81. The van der Waals surface area contributed by atoms with Crippen LogP contribution < -0.4 is 15.5 Å². The summed E-state index contributed by atoms with van der Waals surface area (Å²) in [5.41, 5.74) is -1.91. The van der Waals surface area contributed by atoms with Gasteiger partial charge in [-0.05, 0) is 31.9 Å². The molecule has 1 saturated heterocycles. The molecule has 0 saturated carbocycles. The van der Waals surface area contributed by atoms with Crippen LogP contribution >= 0.6 is 11.3 Å². The number of esters is 1. The molecule has 4 atom stereocenters. The number of hydrogen-bond acceptors (Lipinski definition) is 10. The van der Waals surface area contributed by atoms with Crippen molar-refractivity contribution in [1.29, 1.82) is 0 Å². The number of morpholine rings is 1. The summed E-state index contributed by atoms with van der Waals surface area (Å²) in [4.78, 5) is 50.9. The van der Waals surface area contributed by atoms with Crippen molar-refractivity contribution in [1.82, 2.24) is 20.8 Å². The van der Waals surface area contributed by atoms with E-state index in [2.05, 4.69) is 25.6 Å². The van der Waals surface area contributed by atoms with Crippen molar-refractivity contribution in [2.24, 2.45) is 5.41 Å². The van der Waals surface area contributed by atoms with Crippen LogP contribution in [0.15, 0.2) is 6.07 Å². The first-order chi connectivity index (χ1) is 18.1. The number of aryl methyl sites for hydroxylation is 1. The third-order valence-electron chi connectivity index (χ3n) is 6.79. The largest absolute Gasteiger partial charge is 0.469 e. The van der Waals surface area contributed by atoms with Crippen LogP contribution in [-0.4, -0.2) is 73.3 Å². The summed E-state index contributed by atoms with van der Waals surface area (Å²) in [6, 6.07) is -0.463. The molecule has 3 heterocycles. The van der Waals surface area contributed by atoms with Gasteiger partial charge in [-0.15, -0.1) is 10.2 Å². The fourth-order valence-corrected chi connectivity index (χ4v) is 6.03. The lowest BCUT2D eigenvalue weighted by atomic mass is 9.68. The Hall–Kier alpha value is -3.52. The number of nitrogens with one attached hydrogen (secondary N) is 2. The minimum absolute atomic E-state index is 0.0449. The molecule has 4 rings (SSSR count). The Morgan fingerprint density at radius 1 is 1.29 bits per heavy atom. The highest BCUT2D eigenvalue weighted by molar-refractivity contribution is 7.14. The normalized spacial score (nSPS) is 24.2. The highest BCUT2D eigenvalue weighted by Gasteiger charge is 2.57. The number of carbonyl (C=O) groups is 4. The maximum Gasteiger partial charge on any atom is 0.321 e. The van der Waals surface area contributed by atoms with Crippen LogP contribution in [0.5, 0.6) is 0 Å². The second-order valence-electron chi connectivity index (χ2n) is 9.25. The number of aromatic nitrogens is 2. The number of benzene rings is 1. The molecule has 1 fully saturated rings. The van der Waals surface area contributed by atoms with Crippen molar-refractivity contribution in [2.75, 3.05) is 25.6 Å². The van der Waals surface area contributed by atoms with E-state index in [1.807, 2.05) is 0 Å². The van der Waals surface area contributed by atoms with Gasteiger partial charge in [-0.2, -0.15) is 0 Å². The number of halogens is 2. The second-order valence-corrected chi connectivity index (χ2v) is 10.3. The molecule has 38 heavy (non-hydrogen) atoms. The maximum atomic E-state index is 15.8. The molecule has 0 aliphatic carbocycles. The number of methoxy groups -OCH3 is 1. The van der Waals surface area contributed by atoms with E-state index in [0.717, 1.165) is 11.3 Å². The number of anilines is 1. The lowest BCUT2D eigenvalue weighted by Crippen LogP contribution is -2.68. The van der Waals surface area contributed by atoms with E-state index in [9.17, 15) is 19.2 Å². The number of aldehydes is 1. The quantitative estimate of drug-likeness (QED) is 0.312. The average molecular weight is 552 g/mol. The van der Waals surface area contributed by atoms with Crippen molar-refractivity contribution >= 4 is 41.2 Å². The van der Waals surface area contributed by atoms with Crippen LogP contribution in [0.1, 0.15) is 30.8 Å². The van der Waals surface area contributed by atoms with Crippen LogP contribution in [0.4, 0.5) is 19.3 Å². The molecule has 2 aromatic rings. The maximum absolute atomic E-state index is 15.8. The van der Waals surface area contributed by atoms with Gasteiger partial charge in [0.15, 0.2) is 16.6 Å². The number of urea groups is 1. The molecule has 0 radical (unpaired) electrons. The standard InChI is InChI=1S/C24H27F2N5O6S/c1-11-9-31-19-13(8-24(10-32,20(31)12(2)37-11)22(34)28-23(35)27-3)7-14(17(25)18(19)26)21-30-29-15(38-21)5-6-16(33)36-4/h7,10-12,20H,5-6,8-9H2,1-4H3,(H2,27,28,34,35)/t11-,12+,20-,24?/m0/s1. The molecule has 11 nitrogen and oxygen atoms in total. The summed E-state index contributed by atoms with van der Waals surface area (Å²) in [5.74, 6) is -3.64. The van der Waals surface area contributed by atoms with Crippen LogP contribution in [0, 0.1) is 17.0 Å². The Balaban J connectivity index is 1.82. The van der Waals surface area contributed by atoms with Crippen LogP contribution in [0.2, 0.25) is 0 Å². The average Bonchev–Trinajstić information content (AvgIpc) is 3.36. The van der Waals surface area contributed by atoms with Gasteiger partial charge in [0.1, 0.15) is 16.7 Å². The number of carbonyl (C=O) groups excluding carboxylic acids is 4. The monoisotopic (exact) mass is 551 g/mol. The molecule has 2 aliphatic rings.